The second kappa shape index (κ2) is 42.1. The molecular formula is C60H95NO18. The van der Waals surface area contributed by atoms with Crippen LogP contribution in [0.3, 0.4) is 0 Å². The van der Waals surface area contributed by atoms with Crippen LogP contribution in [-0.2, 0) is 33.2 Å². The van der Waals surface area contributed by atoms with Gasteiger partial charge in [-0.25, -0.2) is 0 Å². The maximum atomic E-state index is 13.1. The van der Waals surface area contributed by atoms with Gasteiger partial charge < -0.3 is 89.9 Å². The number of carbonyl (C=O) groups is 1. The van der Waals surface area contributed by atoms with E-state index in [0.29, 0.717) is 12.8 Å². The molecule has 3 saturated heterocycles. The highest BCUT2D eigenvalue weighted by molar-refractivity contribution is 5.76. The van der Waals surface area contributed by atoms with Crippen molar-refractivity contribution in [2.24, 2.45) is 0 Å². The van der Waals surface area contributed by atoms with Gasteiger partial charge in [-0.3, -0.25) is 4.79 Å². The van der Waals surface area contributed by atoms with Gasteiger partial charge in [-0.05, 0) is 83.5 Å². The summed E-state index contributed by atoms with van der Waals surface area (Å²) in [6, 6.07) is -0.995. The number of amides is 1. The van der Waals surface area contributed by atoms with Crippen LogP contribution in [0.15, 0.2) is 122 Å². The smallest absolute Gasteiger partial charge is 0.220 e. The Morgan fingerprint density at radius 1 is 0.468 bits per heavy atom. The molecule has 448 valence electrons. The first-order valence-corrected chi connectivity index (χ1v) is 28.3. The van der Waals surface area contributed by atoms with Crippen LogP contribution in [0.4, 0.5) is 0 Å². The van der Waals surface area contributed by atoms with Gasteiger partial charge in [0.05, 0.1) is 38.6 Å². The van der Waals surface area contributed by atoms with Crippen LogP contribution in [0.2, 0.25) is 0 Å². The molecule has 19 nitrogen and oxygen atoms in total. The lowest BCUT2D eigenvalue weighted by molar-refractivity contribution is -0.379. The highest BCUT2D eigenvalue weighted by Gasteiger charge is 2.53. The van der Waals surface area contributed by atoms with Crippen LogP contribution in [-0.4, -0.2) is 193 Å². The molecule has 3 aliphatic rings. The Morgan fingerprint density at radius 2 is 0.873 bits per heavy atom. The summed E-state index contributed by atoms with van der Waals surface area (Å²) in [4.78, 5) is 13.1. The van der Waals surface area contributed by atoms with Gasteiger partial charge in [0.2, 0.25) is 5.91 Å². The molecule has 0 aromatic heterocycles. The van der Waals surface area contributed by atoms with Gasteiger partial charge in [0.1, 0.15) is 73.2 Å². The molecule has 1 amide bonds. The van der Waals surface area contributed by atoms with Crippen molar-refractivity contribution in [3.05, 3.63) is 122 Å². The van der Waals surface area contributed by atoms with E-state index in [1.807, 2.05) is 6.92 Å². The Hall–Kier alpha value is -3.81. The van der Waals surface area contributed by atoms with Gasteiger partial charge in [0.15, 0.2) is 18.9 Å². The summed E-state index contributed by atoms with van der Waals surface area (Å²) in [5, 5.41) is 119. The standard InChI is InChI=1S/C60H95NO18/c1-3-5-7-8-9-10-11-12-13-14-15-16-17-18-19-20-21-22-23-24-25-26-27-28-29-30-31-32-33-34-36-38-48(66)61-43(44(65)37-35-6-4-2)42-74-58-54(72)51(69)56(46(40-63)76-58)79-60-55(73)52(70)57(47(41-64)77-60)78-59-53(71)50(68)49(67)45(39-62)75-59/h5,7,9-10,12-13,15-16,18-19,21-22,24-25,27-28,30-31,35,37,43-47,49-60,62-65,67-73H,3-4,6,8,11,14,17,20,23,26,29,32-34,36,38-42H2,1-2H3,(H,61,66)/b7-5-,10-9-,13-12-,16-15-,19-18-,22-21-,25-24-,28-27-,31-30-,37-35+. The van der Waals surface area contributed by atoms with E-state index >= 15 is 0 Å². The van der Waals surface area contributed by atoms with Gasteiger partial charge in [-0.15, -0.1) is 0 Å². The first-order valence-electron chi connectivity index (χ1n) is 28.3. The van der Waals surface area contributed by atoms with Crippen molar-refractivity contribution in [2.45, 2.75) is 221 Å². The Morgan fingerprint density at radius 3 is 1.32 bits per heavy atom. The summed E-state index contributed by atoms with van der Waals surface area (Å²) in [6.07, 6.45) is 29.0. The summed E-state index contributed by atoms with van der Waals surface area (Å²) in [7, 11) is 0. The van der Waals surface area contributed by atoms with Crippen molar-refractivity contribution in [3.63, 3.8) is 0 Å². The molecule has 3 aliphatic heterocycles. The quantitative estimate of drug-likeness (QED) is 0.0305. The van der Waals surface area contributed by atoms with E-state index in [0.717, 1.165) is 83.5 Å². The van der Waals surface area contributed by atoms with E-state index in [1.54, 1.807) is 6.08 Å². The molecule has 79 heavy (non-hydrogen) atoms. The molecule has 0 radical (unpaired) electrons. The SMILES string of the molecule is CC/C=C\C/C=C\C/C=C\C/C=C\C/C=C\C/C=C\C/C=C\C/C=C\C/C=C\CCCCCC(=O)NC(COC1OC(CO)C(OC2OC(CO)C(OC3OC(CO)C(O)C(O)C3O)C(O)C2O)C(O)C1O)C(O)/C=C/CCC. The molecule has 17 atom stereocenters. The zero-order chi connectivity index (χ0) is 57.6. The molecule has 17 unspecified atom stereocenters. The number of unbranched alkanes of at least 4 members (excludes halogenated alkanes) is 4. The molecule has 0 spiro atoms. The third-order valence-corrected chi connectivity index (χ3v) is 13.2. The highest BCUT2D eigenvalue weighted by Crippen LogP contribution is 2.33. The number of hydrogen-bond acceptors (Lipinski definition) is 18. The van der Waals surface area contributed by atoms with Gasteiger partial charge in [-0.1, -0.05) is 148 Å². The van der Waals surface area contributed by atoms with Crippen molar-refractivity contribution < 1.29 is 89.4 Å². The highest BCUT2D eigenvalue weighted by atomic mass is 16.8. The van der Waals surface area contributed by atoms with Gasteiger partial charge >= 0.3 is 0 Å². The predicted octanol–water partition coefficient (Wildman–Crippen LogP) is 4.14. The average Bonchev–Trinajstić information content (AvgIpc) is 3.55. The van der Waals surface area contributed by atoms with Crippen LogP contribution in [0.25, 0.3) is 0 Å². The molecule has 3 rings (SSSR count). The predicted molar refractivity (Wildman–Crippen MR) is 300 cm³/mol. The minimum absolute atomic E-state index is 0.191. The largest absolute Gasteiger partial charge is 0.394 e. The molecule has 3 heterocycles. The Kier molecular flexibility index (Phi) is 37.0. The number of nitrogens with one attached hydrogen (secondary N) is 1. The van der Waals surface area contributed by atoms with Crippen molar-refractivity contribution in [3.8, 4) is 0 Å². The first-order chi connectivity index (χ1) is 38.3. The maximum Gasteiger partial charge on any atom is 0.220 e. The lowest BCUT2D eigenvalue weighted by atomic mass is 9.96. The summed E-state index contributed by atoms with van der Waals surface area (Å²) >= 11 is 0. The summed E-state index contributed by atoms with van der Waals surface area (Å²) in [5.74, 6) is -0.328. The monoisotopic (exact) mass is 1120 g/mol. The molecule has 0 saturated carbocycles. The van der Waals surface area contributed by atoms with Crippen LogP contribution < -0.4 is 5.32 Å². The molecule has 0 aromatic rings. The second-order valence-electron chi connectivity index (χ2n) is 19.7. The second-order valence-corrected chi connectivity index (χ2v) is 19.7. The van der Waals surface area contributed by atoms with E-state index in [-0.39, 0.29) is 18.9 Å². The van der Waals surface area contributed by atoms with Crippen molar-refractivity contribution >= 4 is 5.91 Å². The van der Waals surface area contributed by atoms with Gasteiger partial charge in [0.25, 0.3) is 0 Å². The van der Waals surface area contributed by atoms with Gasteiger partial charge in [0, 0.05) is 6.42 Å². The Labute approximate surface area is 467 Å². The molecule has 12 N–H and O–H groups in total. The first kappa shape index (κ1) is 69.5. The molecule has 19 heteroatoms. The molecule has 3 fully saturated rings. The van der Waals surface area contributed by atoms with E-state index in [4.69, 9.17) is 28.4 Å². The summed E-state index contributed by atoms with van der Waals surface area (Å²) in [5.41, 5.74) is 0. The fraction of sp³-hybridized carbons (Fsp3) is 0.650. The number of aliphatic hydroxyl groups excluding tert-OH is 11. The van der Waals surface area contributed by atoms with E-state index < -0.39 is 124 Å². The fourth-order valence-electron chi connectivity index (χ4n) is 8.60. The third kappa shape index (κ3) is 26.3. The number of allylic oxidation sites excluding steroid dienone is 19. The number of carbonyl (C=O) groups excluding carboxylic acids is 1. The van der Waals surface area contributed by atoms with E-state index in [1.165, 1.54) is 6.08 Å². The molecular weight excluding hydrogens is 1020 g/mol. The minimum atomic E-state index is -1.98. The van der Waals surface area contributed by atoms with Crippen LogP contribution >= 0.6 is 0 Å². The summed E-state index contributed by atoms with van der Waals surface area (Å²) < 4.78 is 33.9. The Bertz CT molecular complexity index is 1910. The third-order valence-electron chi connectivity index (χ3n) is 13.2. The molecule has 0 aromatic carbocycles. The number of rotatable bonds is 38. The van der Waals surface area contributed by atoms with Crippen LogP contribution in [0.5, 0.6) is 0 Å². The zero-order valence-electron chi connectivity index (χ0n) is 46.3. The summed E-state index contributed by atoms with van der Waals surface area (Å²) in [6.45, 7) is 1.29. The lowest BCUT2D eigenvalue weighted by Crippen LogP contribution is -2.66. The minimum Gasteiger partial charge on any atom is -0.394 e. The average molecular weight is 1120 g/mol. The van der Waals surface area contributed by atoms with E-state index in [2.05, 4.69) is 122 Å². The number of ether oxygens (including phenoxy) is 6. The molecule has 0 aliphatic carbocycles. The van der Waals surface area contributed by atoms with Crippen molar-refractivity contribution in [1.29, 1.82) is 0 Å². The van der Waals surface area contributed by atoms with Gasteiger partial charge in [-0.2, -0.15) is 0 Å². The maximum absolute atomic E-state index is 13.1. The van der Waals surface area contributed by atoms with E-state index in [9.17, 15) is 61.0 Å². The topological polar surface area (TPSA) is 307 Å². The molecule has 0 bridgehead atoms. The number of aliphatic hydroxyl groups is 11. The lowest BCUT2D eigenvalue weighted by Gasteiger charge is -2.48. The van der Waals surface area contributed by atoms with Crippen molar-refractivity contribution in [2.75, 3.05) is 26.4 Å². The normalized spacial score (nSPS) is 31.2. The van der Waals surface area contributed by atoms with Crippen LogP contribution in [0.1, 0.15) is 117 Å². The Balaban J connectivity index is 1.35. The van der Waals surface area contributed by atoms with Crippen molar-refractivity contribution in [1.82, 2.24) is 5.32 Å². The fourth-order valence-corrected chi connectivity index (χ4v) is 8.60. The zero-order valence-corrected chi connectivity index (χ0v) is 46.3. The van der Waals surface area contributed by atoms with Crippen LogP contribution in [0, 0.1) is 0 Å². The number of hydrogen-bond donors (Lipinski definition) is 12.